The number of methoxy groups -OCH3 is 1. The lowest BCUT2D eigenvalue weighted by atomic mass is 10.0. The Kier molecular flexibility index (Phi) is 11.5. The topological polar surface area (TPSA) is 67.9 Å². The third kappa shape index (κ3) is 9.42. The van der Waals surface area contributed by atoms with Gasteiger partial charge in [-0.15, -0.1) is 0 Å². The Hall–Kier alpha value is -3.51. The number of nitrogens with zero attached hydrogens (tertiary/aromatic N) is 1. The zero-order valence-corrected chi connectivity index (χ0v) is 23.1. The Morgan fingerprint density at radius 3 is 2.26 bits per heavy atom. The van der Waals surface area contributed by atoms with Crippen molar-refractivity contribution in [1.29, 1.82) is 0 Å². The maximum Gasteiger partial charge on any atom is 0.243 e. The number of halogens is 1. The van der Waals surface area contributed by atoms with Crippen LogP contribution < -0.4 is 14.8 Å². The first kappa shape index (κ1) is 29.1. The average molecular weight is 537 g/mol. The Labute approximate surface area is 230 Å². The van der Waals surface area contributed by atoms with Crippen molar-refractivity contribution in [2.45, 2.75) is 45.7 Å². The molecule has 0 aliphatic rings. The van der Waals surface area contributed by atoms with E-state index in [0.29, 0.717) is 42.7 Å². The van der Waals surface area contributed by atoms with Crippen molar-refractivity contribution in [1.82, 2.24) is 10.2 Å². The van der Waals surface area contributed by atoms with Crippen molar-refractivity contribution in [3.05, 3.63) is 95.0 Å². The molecular weight excluding hydrogens is 500 g/mol. The van der Waals surface area contributed by atoms with E-state index in [9.17, 15) is 9.59 Å². The fourth-order valence-corrected chi connectivity index (χ4v) is 4.25. The van der Waals surface area contributed by atoms with E-state index >= 15 is 0 Å². The lowest BCUT2D eigenvalue weighted by Crippen LogP contribution is -2.51. The minimum Gasteiger partial charge on any atom is -0.497 e. The maximum absolute atomic E-state index is 13.6. The summed E-state index contributed by atoms with van der Waals surface area (Å²) in [6.45, 7) is 5.30. The second kappa shape index (κ2) is 15.0. The summed E-state index contributed by atoms with van der Waals surface area (Å²) in [6.07, 6.45) is 1.18. The van der Waals surface area contributed by atoms with Crippen LogP contribution in [0.25, 0.3) is 0 Å². The highest BCUT2D eigenvalue weighted by atomic mass is 35.5. The molecule has 3 aromatic carbocycles. The highest BCUT2D eigenvalue weighted by Crippen LogP contribution is 2.20. The van der Waals surface area contributed by atoms with Crippen molar-refractivity contribution in [3.63, 3.8) is 0 Å². The molecule has 0 aliphatic heterocycles. The van der Waals surface area contributed by atoms with Crippen LogP contribution in [0.4, 0.5) is 0 Å². The van der Waals surface area contributed by atoms with E-state index in [-0.39, 0.29) is 24.8 Å². The number of amides is 2. The highest BCUT2D eigenvalue weighted by molar-refractivity contribution is 6.30. The molecule has 0 saturated heterocycles. The van der Waals surface area contributed by atoms with Gasteiger partial charge in [0.15, 0.2) is 0 Å². The van der Waals surface area contributed by atoms with Crippen molar-refractivity contribution in [2.75, 3.05) is 20.3 Å². The van der Waals surface area contributed by atoms with Gasteiger partial charge in [0.25, 0.3) is 0 Å². The first-order chi connectivity index (χ1) is 18.4. The van der Waals surface area contributed by atoms with Gasteiger partial charge >= 0.3 is 0 Å². The van der Waals surface area contributed by atoms with Crippen LogP contribution in [0.2, 0.25) is 5.02 Å². The minimum absolute atomic E-state index is 0.107. The van der Waals surface area contributed by atoms with Gasteiger partial charge < -0.3 is 19.7 Å². The number of hydrogen-bond acceptors (Lipinski definition) is 4. The number of benzene rings is 3. The first-order valence-electron chi connectivity index (χ1n) is 13.0. The Morgan fingerprint density at radius 1 is 0.921 bits per heavy atom. The Morgan fingerprint density at radius 2 is 1.61 bits per heavy atom. The number of rotatable bonds is 14. The number of hydrogen-bond donors (Lipinski definition) is 1. The van der Waals surface area contributed by atoms with Gasteiger partial charge in [0.05, 0.1) is 13.7 Å². The standard InChI is InChI=1S/C31H37ClN2O4/c1-23(2)21-33-31(36)29(20-24-9-5-4-6-10-24)34(22-25-11-7-12-26(32)19-25)30(35)13-8-18-38-28-16-14-27(37-3)15-17-28/h4-7,9-12,14-17,19,23,29H,8,13,18,20-22H2,1-3H3,(H,33,36). The van der Waals surface area contributed by atoms with E-state index in [0.717, 1.165) is 16.9 Å². The molecule has 2 amide bonds. The molecule has 0 aliphatic carbocycles. The SMILES string of the molecule is COc1ccc(OCCCC(=O)N(Cc2cccc(Cl)c2)C(Cc2ccccc2)C(=O)NCC(C)C)cc1. The molecule has 6 nitrogen and oxygen atoms in total. The molecule has 0 heterocycles. The van der Waals surface area contributed by atoms with Crippen molar-refractivity contribution >= 4 is 23.4 Å². The summed E-state index contributed by atoms with van der Waals surface area (Å²) in [5, 5.41) is 3.63. The second-order valence-corrected chi connectivity index (χ2v) is 10.1. The van der Waals surface area contributed by atoms with E-state index in [1.807, 2.05) is 86.6 Å². The molecule has 0 bridgehead atoms. The van der Waals surface area contributed by atoms with Gasteiger partial charge in [-0.3, -0.25) is 9.59 Å². The summed E-state index contributed by atoms with van der Waals surface area (Å²) in [4.78, 5) is 28.8. The number of ether oxygens (including phenoxy) is 2. The molecule has 0 fully saturated rings. The van der Waals surface area contributed by atoms with E-state index in [2.05, 4.69) is 5.32 Å². The maximum atomic E-state index is 13.6. The lowest BCUT2D eigenvalue weighted by molar-refractivity contribution is -0.141. The van der Waals surface area contributed by atoms with Gasteiger partial charge in [0.2, 0.25) is 11.8 Å². The van der Waals surface area contributed by atoms with Crippen LogP contribution >= 0.6 is 11.6 Å². The zero-order chi connectivity index (χ0) is 27.3. The third-order valence-corrected chi connectivity index (χ3v) is 6.30. The summed E-state index contributed by atoms with van der Waals surface area (Å²) in [6, 6.07) is 23.9. The largest absolute Gasteiger partial charge is 0.497 e. The van der Waals surface area contributed by atoms with Crippen LogP contribution in [-0.4, -0.2) is 43.0 Å². The summed E-state index contributed by atoms with van der Waals surface area (Å²) >= 11 is 6.24. The monoisotopic (exact) mass is 536 g/mol. The summed E-state index contributed by atoms with van der Waals surface area (Å²) in [5.74, 6) is 1.49. The molecule has 0 radical (unpaired) electrons. The van der Waals surface area contributed by atoms with Crippen LogP contribution in [0.3, 0.4) is 0 Å². The van der Waals surface area contributed by atoms with E-state index in [1.54, 1.807) is 18.1 Å². The molecule has 3 aromatic rings. The van der Waals surface area contributed by atoms with Crippen LogP contribution in [0.5, 0.6) is 11.5 Å². The predicted octanol–water partition coefficient (Wildman–Crippen LogP) is 5.92. The highest BCUT2D eigenvalue weighted by Gasteiger charge is 2.30. The third-order valence-electron chi connectivity index (χ3n) is 6.06. The second-order valence-electron chi connectivity index (χ2n) is 9.62. The van der Waals surface area contributed by atoms with Gasteiger partial charge in [-0.05, 0) is 59.9 Å². The first-order valence-corrected chi connectivity index (χ1v) is 13.4. The molecule has 1 atom stereocenters. The van der Waals surface area contributed by atoms with Gasteiger partial charge in [0.1, 0.15) is 17.5 Å². The minimum atomic E-state index is -0.662. The molecule has 3 rings (SSSR count). The van der Waals surface area contributed by atoms with Gasteiger partial charge in [-0.25, -0.2) is 0 Å². The lowest BCUT2D eigenvalue weighted by Gasteiger charge is -2.32. The van der Waals surface area contributed by atoms with E-state index in [4.69, 9.17) is 21.1 Å². The number of carbonyl (C=O) groups excluding carboxylic acids is 2. The van der Waals surface area contributed by atoms with Crippen LogP contribution in [0.15, 0.2) is 78.9 Å². The Balaban J connectivity index is 1.76. The van der Waals surface area contributed by atoms with E-state index < -0.39 is 6.04 Å². The number of carbonyl (C=O) groups is 2. The summed E-state index contributed by atoms with van der Waals surface area (Å²) < 4.78 is 11.0. The van der Waals surface area contributed by atoms with Crippen molar-refractivity contribution < 1.29 is 19.1 Å². The molecule has 1 unspecified atom stereocenters. The quantitative estimate of drug-likeness (QED) is 0.260. The predicted molar refractivity (Wildman–Crippen MR) is 152 cm³/mol. The van der Waals surface area contributed by atoms with Gasteiger partial charge in [-0.1, -0.05) is 67.9 Å². The Bertz CT molecular complexity index is 1150. The molecular formula is C31H37ClN2O4. The average Bonchev–Trinajstić information content (AvgIpc) is 2.92. The van der Waals surface area contributed by atoms with Crippen molar-refractivity contribution in [3.8, 4) is 11.5 Å². The van der Waals surface area contributed by atoms with Crippen LogP contribution in [0, 0.1) is 5.92 Å². The molecule has 38 heavy (non-hydrogen) atoms. The summed E-state index contributed by atoms with van der Waals surface area (Å²) in [5.41, 5.74) is 1.86. The van der Waals surface area contributed by atoms with Gasteiger partial charge in [0, 0.05) is 31.0 Å². The van der Waals surface area contributed by atoms with Crippen LogP contribution in [0.1, 0.15) is 37.8 Å². The normalized spacial score (nSPS) is 11.6. The molecule has 0 spiro atoms. The smallest absolute Gasteiger partial charge is 0.243 e. The van der Waals surface area contributed by atoms with Gasteiger partial charge in [-0.2, -0.15) is 0 Å². The zero-order valence-electron chi connectivity index (χ0n) is 22.4. The molecule has 0 aromatic heterocycles. The fraction of sp³-hybridized carbons (Fsp3) is 0.355. The molecule has 202 valence electrons. The molecule has 0 saturated carbocycles. The number of nitrogens with one attached hydrogen (secondary N) is 1. The summed E-state index contributed by atoms with van der Waals surface area (Å²) in [7, 11) is 1.62. The fourth-order valence-electron chi connectivity index (χ4n) is 4.04. The van der Waals surface area contributed by atoms with E-state index in [1.165, 1.54) is 0 Å². The molecule has 1 N–H and O–H groups in total. The van der Waals surface area contributed by atoms with Crippen LogP contribution in [-0.2, 0) is 22.6 Å². The molecule has 7 heteroatoms. The van der Waals surface area contributed by atoms with Crippen molar-refractivity contribution in [2.24, 2.45) is 5.92 Å².